The zero-order chi connectivity index (χ0) is 13.1. The summed E-state index contributed by atoms with van der Waals surface area (Å²) in [6, 6.07) is 9.99. The lowest BCUT2D eigenvalue weighted by atomic mass is 10.00. The first kappa shape index (κ1) is 12.9. The maximum absolute atomic E-state index is 9.89. The van der Waals surface area contributed by atoms with Crippen LogP contribution in [0.1, 0.15) is 19.3 Å². The van der Waals surface area contributed by atoms with E-state index in [2.05, 4.69) is 4.90 Å². The Bertz CT molecular complexity index is 395. The Labute approximate surface area is 115 Å². The van der Waals surface area contributed by atoms with Crippen molar-refractivity contribution in [1.29, 1.82) is 0 Å². The Morgan fingerprint density at radius 1 is 1.16 bits per heavy atom. The molecule has 3 atom stereocenters. The van der Waals surface area contributed by atoms with E-state index in [1.807, 2.05) is 30.3 Å². The van der Waals surface area contributed by atoms with Gasteiger partial charge in [0.25, 0.3) is 0 Å². The molecular weight excluding hydrogens is 238 g/mol. The van der Waals surface area contributed by atoms with Gasteiger partial charge in [-0.2, -0.15) is 0 Å². The maximum Gasteiger partial charge on any atom is 0.119 e. The van der Waals surface area contributed by atoms with E-state index in [4.69, 9.17) is 4.74 Å². The van der Waals surface area contributed by atoms with Crippen molar-refractivity contribution in [3.05, 3.63) is 30.3 Å². The highest BCUT2D eigenvalue weighted by Crippen LogP contribution is 2.37. The standard InChI is InChI=1S/C16H23NO2/c18-16-8-7-13-11-17(12-15(13)16)9-4-10-19-14-5-2-1-3-6-14/h1-3,5-6,13,15-16,18H,4,7-12H2. The highest BCUT2D eigenvalue weighted by Gasteiger charge is 2.41. The molecule has 1 saturated heterocycles. The Balaban J connectivity index is 1.35. The second-order valence-corrected chi connectivity index (χ2v) is 5.84. The van der Waals surface area contributed by atoms with Crippen molar-refractivity contribution in [2.45, 2.75) is 25.4 Å². The van der Waals surface area contributed by atoms with Crippen LogP contribution in [0.25, 0.3) is 0 Å². The first-order valence-electron chi connectivity index (χ1n) is 7.41. The Morgan fingerprint density at radius 2 is 2.00 bits per heavy atom. The number of fused-ring (bicyclic) bond motifs is 1. The van der Waals surface area contributed by atoms with Crippen LogP contribution in [0.15, 0.2) is 30.3 Å². The molecule has 1 aromatic rings. The molecule has 0 aromatic heterocycles. The van der Waals surface area contributed by atoms with Gasteiger partial charge in [0.05, 0.1) is 12.7 Å². The van der Waals surface area contributed by atoms with Crippen LogP contribution in [-0.4, -0.2) is 42.4 Å². The molecule has 0 amide bonds. The number of benzene rings is 1. The van der Waals surface area contributed by atoms with Gasteiger partial charge in [0.1, 0.15) is 5.75 Å². The molecule has 2 fully saturated rings. The molecule has 104 valence electrons. The summed E-state index contributed by atoms with van der Waals surface area (Å²) >= 11 is 0. The molecule has 3 nitrogen and oxygen atoms in total. The number of para-hydroxylation sites is 1. The Morgan fingerprint density at radius 3 is 2.79 bits per heavy atom. The van der Waals surface area contributed by atoms with E-state index < -0.39 is 0 Å². The molecule has 1 saturated carbocycles. The average Bonchev–Trinajstić information content (AvgIpc) is 2.99. The quantitative estimate of drug-likeness (QED) is 0.824. The summed E-state index contributed by atoms with van der Waals surface area (Å²) in [6.45, 7) is 4.12. The normalized spacial score (nSPS) is 30.5. The van der Waals surface area contributed by atoms with Crippen molar-refractivity contribution in [3.8, 4) is 5.75 Å². The van der Waals surface area contributed by atoms with E-state index in [1.54, 1.807) is 0 Å². The molecular formula is C16H23NO2. The van der Waals surface area contributed by atoms with Gasteiger partial charge in [-0.05, 0) is 37.3 Å². The summed E-state index contributed by atoms with van der Waals surface area (Å²) in [5, 5.41) is 9.89. The summed E-state index contributed by atoms with van der Waals surface area (Å²) in [5.74, 6) is 2.23. The lowest BCUT2D eigenvalue weighted by molar-refractivity contribution is 0.123. The lowest BCUT2D eigenvalue weighted by Crippen LogP contribution is -2.26. The average molecular weight is 261 g/mol. The molecule has 2 aliphatic rings. The van der Waals surface area contributed by atoms with E-state index in [9.17, 15) is 5.11 Å². The third kappa shape index (κ3) is 3.10. The third-order valence-electron chi connectivity index (χ3n) is 4.53. The maximum atomic E-state index is 9.89. The fraction of sp³-hybridized carbons (Fsp3) is 0.625. The predicted octanol–water partition coefficient (Wildman–Crippen LogP) is 2.16. The van der Waals surface area contributed by atoms with Crippen LogP contribution in [0, 0.1) is 11.8 Å². The summed E-state index contributed by atoms with van der Waals surface area (Å²) in [5.41, 5.74) is 0. The topological polar surface area (TPSA) is 32.7 Å². The zero-order valence-corrected chi connectivity index (χ0v) is 11.4. The molecule has 1 aliphatic carbocycles. The van der Waals surface area contributed by atoms with Gasteiger partial charge in [-0.25, -0.2) is 0 Å². The number of rotatable bonds is 5. The van der Waals surface area contributed by atoms with Crippen LogP contribution in [-0.2, 0) is 0 Å². The van der Waals surface area contributed by atoms with Gasteiger partial charge in [-0.15, -0.1) is 0 Å². The van der Waals surface area contributed by atoms with Crippen molar-refractivity contribution < 1.29 is 9.84 Å². The molecule has 1 N–H and O–H groups in total. The van der Waals surface area contributed by atoms with Crippen LogP contribution < -0.4 is 4.74 Å². The molecule has 19 heavy (non-hydrogen) atoms. The first-order valence-corrected chi connectivity index (χ1v) is 7.41. The monoisotopic (exact) mass is 261 g/mol. The number of nitrogens with zero attached hydrogens (tertiary/aromatic N) is 1. The highest BCUT2D eigenvalue weighted by molar-refractivity contribution is 5.20. The second-order valence-electron chi connectivity index (χ2n) is 5.84. The SMILES string of the molecule is OC1CCC2CN(CCCOc3ccccc3)CC12. The second kappa shape index (κ2) is 5.93. The summed E-state index contributed by atoms with van der Waals surface area (Å²) in [6.07, 6.45) is 3.24. The minimum Gasteiger partial charge on any atom is -0.494 e. The molecule has 1 aliphatic heterocycles. The molecule has 3 unspecified atom stereocenters. The number of likely N-dealkylation sites (tertiary alicyclic amines) is 1. The van der Waals surface area contributed by atoms with Crippen LogP contribution in [0.2, 0.25) is 0 Å². The summed E-state index contributed by atoms with van der Waals surface area (Å²) in [7, 11) is 0. The van der Waals surface area contributed by atoms with Crippen LogP contribution in [0.4, 0.5) is 0 Å². The van der Waals surface area contributed by atoms with Gasteiger partial charge >= 0.3 is 0 Å². The van der Waals surface area contributed by atoms with Gasteiger partial charge in [0.15, 0.2) is 0 Å². The summed E-state index contributed by atoms with van der Waals surface area (Å²) < 4.78 is 5.70. The zero-order valence-electron chi connectivity index (χ0n) is 11.4. The number of hydrogen-bond donors (Lipinski definition) is 1. The number of aliphatic hydroxyl groups excluding tert-OH is 1. The van der Waals surface area contributed by atoms with E-state index >= 15 is 0 Å². The minimum atomic E-state index is -0.0458. The smallest absolute Gasteiger partial charge is 0.119 e. The van der Waals surface area contributed by atoms with E-state index in [0.29, 0.717) is 5.92 Å². The van der Waals surface area contributed by atoms with Gasteiger partial charge in [0.2, 0.25) is 0 Å². The van der Waals surface area contributed by atoms with E-state index in [0.717, 1.165) is 44.2 Å². The molecule has 0 radical (unpaired) electrons. The minimum absolute atomic E-state index is 0.0458. The van der Waals surface area contributed by atoms with Gasteiger partial charge in [0, 0.05) is 25.6 Å². The molecule has 0 bridgehead atoms. The van der Waals surface area contributed by atoms with Gasteiger partial charge in [-0.3, -0.25) is 0 Å². The highest BCUT2D eigenvalue weighted by atomic mass is 16.5. The molecule has 1 heterocycles. The molecule has 1 aromatic carbocycles. The summed E-state index contributed by atoms with van der Waals surface area (Å²) in [4.78, 5) is 2.49. The Hall–Kier alpha value is -1.06. The van der Waals surface area contributed by atoms with E-state index in [-0.39, 0.29) is 6.10 Å². The fourth-order valence-electron chi connectivity index (χ4n) is 3.51. The number of ether oxygens (including phenoxy) is 1. The van der Waals surface area contributed by atoms with Crippen molar-refractivity contribution in [2.24, 2.45) is 11.8 Å². The van der Waals surface area contributed by atoms with Crippen molar-refractivity contribution >= 4 is 0 Å². The van der Waals surface area contributed by atoms with Crippen molar-refractivity contribution in [2.75, 3.05) is 26.2 Å². The number of hydrogen-bond acceptors (Lipinski definition) is 3. The lowest BCUT2D eigenvalue weighted by Gasteiger charge is -2.17. The molecule has 0 spiro atoms. The van der Waals surface area contributed by atoms with E-state index in [1.165, 1.54) is 13.0 Å². The van der Waals surface area contributed by atoms with Gasteiger partial charge in [-0.1, -0.05) is 18.2 Å². The van der Waals surface area contributed by atoms with Crippen LogP contribution in [0.5, 0.6) is 5.75 Å². The third-order valence-corrected chi connectivity index (χ3v) is 4.53. The Kier molecular flexibility index (Phi) is 4.04. The fourth-order valence-corrected chi connectivity index (χ4v) is 3.51. The van der Waals surface area contributed by atoms with Crippen LogP contribution in [0.3, 0.4) is 0 Å². The van der Waals surface area contributed by atoms with Crippen molar-refractivity contribution in [3.63, 3.8) is 0 Å². The van der Waals surface area contributed by atoms with Crippen LogP contribution >= 0.6 is 0 Å². The van der Waals surface area contributed by atoms with Gasteiger partial charge < -0.3 is 14.7 Å². The number of aliphatic hydroxyl groups is 1. The first-order chi connectivity index (χ1) is 9.33. The largest absolute Gasteiger partial charge is 0.494 e. The predicted molar refractivity (Wildman–Crippen MR) is 75.2 cm³/mol. The molecule has 3 heteroatoms. The van der Waals surface area contributed by atoms with Crippen molar-refractivity contribution in [1.82, 2.24) is 4.90 Å². The molecule has 3 rings (SSSR count).